The Kier molecular flexibility index (Phi) is 1.54. The van der Waals surface area contributed by atoms with Crippen LogP contribution < -0.4 is 0 Å². The zero-order valence-electron chi connectivity index (χ0n) is 6.75. The maximum Gasteiger partial charge on any atom is 0.0196 e. The molecule has 0 spiro atoms. The molecule has 0 heterocycles. The van der Waals surface area contributed by atoms with E-state index in [4.69, 9.17) is 0 Å². The Hall–Kier alpha value is -1.04. The highest BCUT2D eigenvalue weighted by Crippen LogP contribution is 2.30. The summed E-state index contributed by atoms with van der Waals surface area (Å²) in [5.74, 6) is 0.602. The van der Waals surface area contributed by atoms with Gasteiger partial charge in [-0.2, -0.15) is 0 Å². The Morgan fingerprint density at radius 1 is 1.27 bits per heavy atom. The van der Waals surface area contributed by atoms with Gasteiger partial charge >= 0.3 is 0 Å². The van der Waals surface area contributed by atoms with Crippen LogP contribution >= 0.6 is 0 Å². The quantitative estimate of drug-likeness (QED) is 0.530. The predicted molar refractivity (Wildman–Crippen MR) is 48.2 cm³/mol. The third kappa shape index (κ3) is 1.09. The number of hydrogen-bond acceptors (Lipinski definition) is 0. The highest BCUT2D eigenvalue weighted by atomic mass is 14.2. The maximum absolute atomic E-state index is 2.27. The van der Waals surface area contributed by atoms with E-state index in [-0.39, 0.29) is 0 Å². The molecule has 2 aliphatic carbocycles. The van der Waals surface area contributed by atoms with Crippen LogP contribution in [0, 0.1) is 5.92 Å². The normalized spacial score (nSPS) is 27.5. The van der Waals surface area contributed by atoms with E-state index in [1.807, 2.05) is 0 Å². The molecule has 0 N–H and O–H groups in total. The standard InChI is InChI=1S/C11H12/c1-9-5-4-8-11(9)10-6-2-3-7-10/h2-6,8,11H,7H2,1H3. The summed E-state index contributed by atoms with van der Waals surface area (Å²) in [6.45, 7) is 2.20. The molecule has 0 nitrogen and oxygen atoms in total. The molecule has 2 aliphatic rings. The smallest absolute Gasteiger partial charge is 0.0196 e. The second-order valence-corrected chi connectivity index (χ2v) is 3.15. The monoisotopic (exact) mass is 144 g/mol. The number of allylic oxidation sites excluding steroid dienone is 8. The van der Waals surface area contributed by atoms with Crippen LogP contribution in [0.15, 0.2) is 47.6 Å². The minimum Gasteiger partial charge on any atom is -0.0804 e. The molecule has 0 bridgehead atoms. The Balaban J connectivity index is 2.18. The first-order valence-corrected chi connectivity index (χ1v) is 4.08. The van der Waals surface area contributed by atoms with Gasteiger partial charge in [0.15, 0.2) is 0 Å². The minimum absolute atomic E-state index is 0.602. The van der Waals surface area contributed by atoms with Gasteiger partial charge in [0.2, 0.25) is 0 Å². The molecule has 0 fully saturated rings. The summed E-state index contributed by atoms with van der Waals surface area (Å²) in [5.41, 5.74) is 3.01. The number of hydrogen-bond donors (Lipinski definition) is 0. The van der Waals surface area contributed by atoms with Crippen molar-refractivity contribution in [2.24, 2.45) is 5.92 Å². The van der Waals surface area contributed by atoms with Gasteiger partial charge < -0.3 is 0 Å². The Labute approximate surface area is 67.6 Å². The average molecular weight is 144 g/mol. The van der Waals surface area contributed by atoms with Crippen molar-refractivity contribution in [2.75, 3.05) is 0 Å². The molecule has 0 heteroatoms. The van der Waals surface area contributed by atoms with Gasteiger partial charge in [-0.1, -0.05) is 47.6 Å². The predicted octanol–water partition coefficient (Wildman–Crippen LogP) is 3.01. The molecule has 0 aromatic heterocycles. The van der Waals surface area contributed by atoms with E-state index in [2.05, 4.69) is 43.4 Å². The van der Waals surface area contributed by atoms with Crippen molar-refractivity contribution in [2.45, 2.75) is 13.3 Å². The molecule has 1 unspecified atom stereocenters. The van der Waals surface area contributed by atoms with E-state index in [1.165, 1.54) is 11.1 Å². The largest absolute Gasteiger partial charge is 0.0804 e. The van der Waals surface area contributed by atoms with Crippen molar-refractivity contribution in [3.05, 3.63) is 47.6 Å². The van der Waals surface area contributed by atoms with Gasteiger partial charge in [-0.15, -0.1) is 0 Å². The molecule has 0 aromatic carbocycles. The van der Waals surface area contributed by atoms with Crippen molar-refractivity contribution in [1.82, 2.24) is 0 Å². The Morgan fingerprint density at radius 3 is 2.73 bits per heavy atom. The summed E-state index contributed by atoms with van der Waals surface area (Å²) in [7, 11) is 0. The lowest BCUT2D eigenvalue weighted by atomic mass is 9.94. The molecular weight excluding hydrogens is 132 g/mol. The first-order valence-electron chi connectivity index (χ1n) is 4.08. The van der Waals surface area contributed by atoms with Crippen LogP contribution in [0.3, 0.4) is 0 Å². The van der Waals surface area contributed by atoms with Crippen molar-refractivity contribution in [1.29, 1.82) is 0 Å². The molecule has 0 radical (unpaired) electrons. The van der Waals surface area contributed by atoms with Gasteiger partial charge in [0.05, 0.1) is 0 Å². The second kappa shape index (κ2) is 2.54. The molecule has 0 saturated carbocycles. The lowest BCUT2D eigenvalue weighted by Gasteiger charge is -2.10. The molecule has 2 rings (SSSR count). The van der Waals surface area contributed by atoms with Gasteiger partial charge in [-0.25, -0.2) is 0 Å². The van der Waals surface area contributed by atoms with Crippen LogP contribution in [0.5, 0.6) is 0 Å². The first kappa shape index (κ1) is 6.66. The number of rotatable bonds is 1. The molecule has 0 saturated heterocycles. The summed E-state index contributed by atoms with van der Waals surface area (Å²) < 4.78 is 0. The van der Waals surface area contributed by atoms with Gasteiger partial charge in [0.25, 0.3) is 0 Å². The van der Waals surface area contributed by atoms with Crippen molar-refractivity contribution >= 4 is 0 Å². The van der Waals surface area contributed by atoms with Crippen molar-refractivity contribution < 1.29 is 0 Å². The summed E-state index contributed by atoms with van der Waals surface area (Å²) in [5, 5.41) is 0. The lowest BCUT2D eigenvalue weighted by molar-refractivity contribution is 0.885. The van der Waals surface area contributed by atoms with Crippen molar-refractivity contribution in [3.63, 3.8) is 0 Å². The topological polar surface area (TPSA) is 0 Å². The van der Waals surface area contributed by atoms with E-state index >= 15 is 0 Å². The average Bonchev–Trinajstić information content (AvgIpc) is 2.55. The van der Waals surface area contributed by atoms with Gasteiger partial charge in [-0.05, 0) is 13.3 Å². The summed E-state index contributed by atoms with van der Waals surface area (Å²) in [6.07, 6.45) is 14.4. The fourth-order valence-corrected chi connectivity index (χ4v) is 1.68. The summed E-state index contributed by atoms with van der Waals surface area (Å²) >= 11 is 0. The Bertz CT molecular complexity index is 274. The zero-order valence-corrected chi connectivity index (χ0v) is 6.75. The lowest BCUT2D eigenvalue weighted by Crippen LogP contribution is -1.97. The van der Waals surface area contributed by atoms with Gasteiger partial charge in [-0.3, -0.25) is 0 Å². The fraction of sp³-hybridized carbons (Fsp3) is 0.273. The molecule has 56 valence electrons. The van der Waals surface area contributed by atoms with Gasteiger partial charge in [0, 0.05) is 5.92 Å². The summed E-state index contributed by atoms with van der Waals surface area (Å²) in [6, 6.07) is 0. The highest BCUT2D eigenvalue weighted by molar-refractivity contribution is 5.39. The van der Waals surface area contributed by atoms with E-state index in [9.17, 15) is 0 Å². The molecule has 11 heavy (non-hydrogen) atoms. The highest BCUT2D eigenvalue weighted by Gasteiger charge is 2.15. The zero-order chi connectivity index (χ0) is 7.68. The molecular formula is C11H12. The van der Waals surface area contributed by atoms with Crippen LogP contribution in [-0.2, 0) is 0 Å². The minimum atomic E-state index is 0.602. The molecule has 0 amide bonds. The SMILES string of the molecule is CC1=CC=CC1C1=CC=CC1. The third-order valence-electron chi connectivity index (χ3n) is 2.35. The van der Waals surface area contributed by atoms with E-state index in [1.54, 1.807) is 0 Å². The fourth-order valence-electron chi connectivity index (χ4n) is 1.68. The van der Waals surface area contributed by atoms with Crippen LogP contribution in [-0.4, -0.2) is 0 Å². The molecule has 0 aromatic rings. The van der Waals surface area contributed by atoms with Crippen LogP contribution in [0.4, 0.5) is 0 Å². The molecule has 1 atom stereocenters. The maximum atomic E-state index is 2.27. The van der Waals surface area contributed by atoms with Crippen molar-refractivity contribution in [3.8, 4) is 0 Å². The van der Waals surface area contributed by atoms with E-state index in [0.29, 0.717) is 5.92 Å². The van der Waals surface area contributed by atoms with Crippen LogP contribution in [0.2, 0.25) is 0 Å². The third-order valence-corrected chi connectivity index (χ3v) is 2.35. The Morgan fingerprint density at radius 2 is 2.18 bits per heavy atom. The first-order chi connectivity index (χ1) is 5.38. The second-order valence-electron chi connectivity index (χ2n) is 3.15. The van der Waals surface area contributed by atoms with Crippen LogP contribution in [0.1, 0.15) is 13.3 Å². The van der Waals surface area contributed by atoms with Gasteiger partial charge in [0.1, 0.15) is 0 Å². The van der Waals surface area contributed by atoms with E-state index < -0.39 is 0 Å². The summed E-state index contributed by atoms with van der Waals surface area (Å²) in [4.78, 5) is 0. The van der Waals surface area contributed by atoms with Crippen LogP contribution in [0.25, 0.3) is 0 Å². The molecule has 0 aliphatic heterocycles. The van der Waals surface area contributed by atoms with E-state index in [0.717, 1.165) is 6.42 Å².